The Morgan fingerprint density at radius 2 is 1.69 bits per heavy atom. The zero-order valence-electron chi connectivity index (χ0n) is 15.8. The molecule has 2 heterocycles. The van der Waals surface area contributed by atoms with Gasteiger partial charge in [0, 0.05) is 51.6 Å². The Morgan fingerprint density at radius 3 is 2.50 bits per heavy atom. The van der Waals surface area contributed by atoms with Gasteiger partial charge in [0.25, 0.3) is 0 Å². The van der Waals surface area contributed by atoms with E-state index in [1.54, 1.807) is 0 Å². The highest BCUT2D eigenvalue weighted by Gasteiger charge is 2.27. The Labute approximate surface area is 157 Å². The fourth-order valence-corrected chi connectivity index (χ4v) is 4.43. The number of rotatable bonds is 4. The molecule has 1 fully saturated rings. The number of likely N-dealkylation sites (N-methyl/N-ethyl adjacent to an activating group) is 1. The van der Waals surface area contributed by atoms with Crippen molar-refractivity contribution >= 4 is 5.69 Å². The van der Waals surface area contributed by atoms with Gasteiger partial charge in [-0.3, -0.25) is 4.90 Å². The molecule has 2 aliphatic heterocycles. The lowest BCUT2D eigenvalue weighted by atomic mass is 9.98. The van der Waals surface area contributed by atoms with Gasteiger partial charge in [0.1, 0.15) is 0 Å². The Morgan fingerprint density at radius 1 is 0.962 bits per heavy atom. The van der Waals surface area contributed by atoms with E-state index >= 15 is 0 Å². The quantitative estimate of drug-likeness (QED) is 0.830. The number of nitrogens with zero attached hydrogens (tertiary/aromatic N) is 2. The minimum Gasteiger partial charge on any atom is -0.381 e. The van der Waals surface area contributed by atoms with Crippen LogP contribution in [0.15, 0.2) is 54.6 Å². The van der Waals surface area contributed by atoms with E-state index in [4.69, 9.17) is 4.74 Å². The van der Waals surface area contributed by atoms with Crippen molar-refractivity contribution < 1.29 is 4.74 Å². The molecule has 0 aromatic heterocycles. The van der Waals surface area contributed by atoms with Crippen LogP contribution in [0.1, 0.15) is 24.0 Å². The van der Waals surface area contributed by atoms with Crippen LogP contribution in [0.3, 0.4) is 0 Å². The Balaban J connectivity index is 1.56. The monoisotopic (exact) mass is 350 g/mol. The number of hydrogen-bond acceptors (Lipinski definition) is 3. The molecule has 0 radical (unpaired) electrons. The topological polar surface area (TPSA) is 15.7 Å². The van der Waals surface area contributed by atoms with Gasteiger partial charge in [-0.15, -0.1) is 0 Å². The summed E-state index contributed by atoms with van der Waals surface area (Å²) < 4.78 is 5.56. The van der Waals surface area contributed by atoms with Crippen LogP contribution >= 0.6 is 0 Å². The average molecular weight is 351 g/mol. The first-order valence-corrected chi connectivity index (χ1v) is 9.94. The highest BCUT2D eigenvalue weighted by Crippen LogP contribution is 2.29. The molecule has 1 atom stereocenters. The highest BCUT2D eigenvalue weighted by molar-refractivity contribution is 5.55. The Bertz CT molecular complexity index is 696. The Hall–Kier alpha value is -1.84. The fourth-order valence-electron chi connectivity index (χ4n) is 4.43. The molecule has 0 aliphatic carbocycles. The van der Waals surface area contributed by atoms with E-state index in [1.807, 2.05) is 0 Å². The van der Waals surface area contributed by atoms with E-state index in [2.05, 4.69) is 71.4 Å². The van der Waals surface area contributed by atoms with Crippen molar-refractivity contribution in [2.45, 2.75) is 31.8 Å². The smallest absolute Gasteiger partial charge is 0.0469 e. The fraction of sp³-hybridized carbons (Fsp3) is 0.478. The molecule has 0 bridgehead atoms. The van der Waals surface area contributed by atoms with E-state index in [-0.39, 0.29) is 0 Å². The minimum atomic E-state index is 0.501. The van der Waals surface area contributed by atoms with Crippen molar-refractivity contribution in [3.8, 4) is 0 Å². The summed E-state index contributed by atoms with van der Waals surface area (Å²) in [7, 11) is 2.27. The average Bonchev–Trinajstić information content (AvgIpc) is 2.81. The zero-order valence-corrected chi connectivity index (χ0v) is 15.8. The molecule has 0 amide bonds. The summed E-state index contributed by atoms with van der Waals surface area (Å²) in [5.41, 5.74) is 4.27. The SMILES string of the molecule is CN1c2ccccc2CN(CC2CCOCC2)CC1Cc1ccccc1. The van der Waals surface area contributed by atoms with Crippen LogP contribution in [0, 0.1) is 5.92 Å². The standard InChI is InChI=1S/C23H30N2O/c1-24-22(15-19-7-3-2-4-8-19)18-25(16-20-11-13-26-14-12-20)17-21-9-5-6-10-23(21)24/h2-10,20,22H,11-18H2,1H3. The molecule has 2 aliphatic rings. The predicted octanol–water partition coefficient (Wildman–Crippen LogP) is 3.98. The van der Waals surface area contributed by atoms with Crippen molar-refractivity contribution in [1.29, 1.82) is 0 Å². The number of fused-ring (bicyclic) bond motifs is 1. The van der Waals surface area contributed by atoms with Gasteiger partial charge in [0.2, 0.25) is 0 Å². The summed E-state index contributed by atoms with van der Waals surface area (Å²) in [5, 5.41) is 0. The van der Waals surface area contributed by atoms with Gasteiger partial charge in [-0.05, 0) is 42.4 Å². The third kappa shape index (κ3) is 4.11. The number of hydrogen-bond donors (Lipinski definition) is 0. The van der Waals surface area contributed by atoms with Crippen molar-refractivity contribution in [3.05, 3.63) is 65.7 Å². The van der Waals surface area contributed by atoms with Crippen LogP contribution in [-0.4, -0.2) is 44.3 Å². The van der Waals surface area contributed by atoms with Crippen LogP contribution in [0.5, 0.6) is 0 Å². The summed E-state index contributed by atoms with van der Waals surface area (Å²) in [5.74, 6) is 0.775. The van der Waals surface area contributed by atoms with E-state index < -0.39 is 0 Å². The summed E-state index contributed by atoms with van der Waals surface area (Å²) >= 11 is 0. The molecule has 0 saturated carbocycles. The maximum absolute atomic E-state index is 5.56. The van der Waals surface area contributed by atoms with Gasteiger partial charge in [0.05, 0.1) is 0 Å². The molecule has 0 N–H and O–H groups in total. The molecule has 138 valence electrons. The van der Waals surface area contributed by atoms with Crippen LogP contribution in [0.2, 0.25) is 0 Å². The molecule has 1 unspecified atom stereocenters. The molecule has 0 spiro atoms. The molecule has 3 nitrogen and oxygen atoms in total. The first-order chi connectivity index (χ1) is 12.8. The molecular formula is C23H30N2O. The zero-order chi connectivity index (χ0) is 17.8. The third-order valence-electron chi connectivity index (χ3n) is 5.95. The van der Waals surface area contributed by atoms with E-state index in [1.165, 1.54) is 36.2 Å². The molecule has 26 heavy (non-hydrogen) atoms. The minimum absolute atomic E-state index is 0.501. The van der Waals surface area contributed by atoms with Crippen molar-refractivity contribution in [2.75, 3.05) is 38.3 Å². The van der Waals surface area contributed by atoms with Crippen molar-refractivity contribution in [2.24, 2.45) is 5.92 Å². The normalized spacial score (nSPS) is 22.0. The van der Waals surface area contributed by atoms with Gasteiger partial charge in [0.15, 0.2) is 0 Å². The Kier molecular flexibility index (Phi) is 5.57. The largest absolute Gasteiger partial charge is 0.381 e. The van der Waals surface area contributed by atoms with Gasteiger partial charge in [-0.1, -0.05) is 48.5 Å². The van der Waals surface area contributed by atoms with Crippen LogP contribution in [0.4, 0.5) is 5.69 Å². The van der Waals surface area contributed by atoms with Crippen molar-refractivity contribution in [1.82, 2.24) is 4.90 Å². The first-order valence-electron chi connectivity index (χ1n) is 9.94. The molecule has 1 saturated heterocycles. The third-order valence-corrected chi connectivity index (χ3v) is 5.95. The van der Waals surface area contributed by atoms with Gasteiger partial charge in [-0.2, -0.15) is 0 Å². The van der Waals surface area contributed by atoms with Gasteiger partial charge >= 0.3 is 0 Å². The lowest BCUT2D eigenvalue weighted by Gasteiger charge is -2.33. The summed E-state index contributed by atoms with van der Waals surface area (Å²) in [4.78, 5) is 5.19. The van der Waals surface area contributed by atoms with Crippen molar-refractivity contribution in [3.63, 3.8) is 0 Å². The number of anilines is 1. The number of ether oxygens (including phenoxy) is 1. The predicted molar refractivity (Wildman–Crippen MR) is 108 cm³/mol. The number of benzene rings is 2. The first kappa shape index (κ1) is 17.6. The molecule has 2 aromatic rings. The summed E-state index contributed by atoms with van der Waals surface area (Å²) in [6.07, 6.45) is 3.50. The summed E-state index contributed by atoms with van der Waals surface area (Å²) in [6.45, 7) is 5.24. The lowest BCUT2D eigenvalue weighted by Crippen LogP contribution is -2.43. The highest BCUT2D eigenvalue weighted by atomic mass is 16.5. The maximum atomic E-state index is 5.56. The molecule has 4 rings (SSSR count). The van der Waals surface area contributed by atoms with E-state index in [0.29, 0.717) is 6.04 Å². The second-order valence-electron chi connectivity index (χ2n) is 7.83. The molecule has 2 aromatic carbocycles. The number of para-hydroxylation sites is 1. The molecule has 3 heteroatoms. The van der Waals surface area contributed by atoms with Crippen LogP contribution in [-0.2, 0) is 17.7 Å². The maximum Gasteiger partial charge on any atom is 0.0469 e. The van der Waals surface area contributed by atoms with Gasteiger partial charge < -0.3 is 9.64 Å². The van der Waals surface area contributed by atoms with Crippen LogP contribution in [0.25, 0.3) is 0 Å². The molecular weight excluding hydrogens is 320 g/mol. The summed E-state index contributed by atoms with van der Waals surface area (Å²) in [6, 6.07) is 20.4. The second-order valence-corrected chi connectivity index (χ2v) is 7.83. The van der Waals surface area contributed by atoms with E-state index in [9.17, 15) is 0 Å². The lowest BCUT2D eigenvalue weighted by molar-refractivity contribution is 0.0509. The van der Waals surface area contributed by atoms with Gasteiger partial charge in [-0.25, -0.2) is 0 Å². The van der Waals surface area contributed by atoms with Crippen LogP contribution < -0.4 is 4.90 Å². The second kappa shape index (κ2) is 8.24. The van der Waals surface area contributed by atoms with E-state index in [0.717, 1.165) is 38.6 Å².